The number of rotatable bonds is 6. The summed E-state index contributed by atoms with van der Waals surface area (Å²) < 4.78 is 7.20. The molecule has 0 unspecified atom stereocenters. The molecule has 0 bridgehead atoms. The molecular weight excluding hydrogens is 448 g/mol. The summed E-state index contributed by atoms with van der Waals surface area (Å²) >= 11 is 0. The molecule has 1 aliphatic rings. The van der Waals surface area contributed by atoms with E-state index in [1.54, 1.807) is 19.1 Å². The molecule has 9 heteroatoms. The predicted octanol–water partition coefficient (Wildman–Crippen LogP) is 4.26. The highest BCUT2D eigenvalue weighted by Crippen LogP contribution is 2.42. The normalized spacial score (nSPS) is 17.3. The van der Waals surface area contributed by atoms with Crippen molar-refractivity contribution < 1.29 is 19.2 Å². The number of hydrogen-bond donors (Lipinski definition) is 0. The Morgan fingerprint density at radius 3 is 2.40 bits per heavy atom. The van der Waals surface area contributed by atoms with Gasteiger partial charge < -0.3 is 9.30 Å². The van der Waals surface area contributed by atoms with Crippen molar-refractivity contribution in [2.45, 2.75) is 19.5 Å². The molecule has 9 nitrogen and oxygen atoms in total. The van der Waals surface area contributed by atoms with Crippen LogP contribution in [0.1, 0.15) is 24.1 Å². The van der Waals surface area contributed by atoms with Gasteiger partial charge in [-0.2, -0.15) is 0 Å². The Bertz CT molecular complexity index is 1410. The molecule has 1 aromatic heterocycles. The van der Waals surface area contributed by atoms with Gasteiger partial charge in [0.05, 0.1) is 35.2 Å². The second-order valence-corrected chi connectivity index (χ2v) is 8.20. The standard InChI is InChI=1S/C26H22N4O5/c1-2-35-25(32)22-23(18-12-14-19(15-13-18)30(33)34)29-21-11-7-6-10-20(21)27-26(29)28(24(22)31)16-17-8-4-3-5-9-17/h3-15,22-23H,2,16H2,1H3/t22-,23+/m1/s1. The minimum atomic E-state index is -1.19. The molecule has 0 spiro atoms. The van der Waals surface area contributed by atoms with Crippen molar-refractivity contribution >= 4 is 34.5 Å². The first-order valence-electron chi connectivity index (χ1n) is 11.2. The van der Waals surface area contributed by atoms with Crippen LogP contribution in [-0.2, 0) is 20.9 Å². The molecular formula is C26H22N4O5. The van der Waals surface area contributed by atoms with Crippen molar-refractivity contribution in [1.29, 1.82) is 0 Å². The number of nitro benzene ring substituents is 1. The zero-order valence-corrected chi connectivity index (χ0v) is 18.9. The van der Waals surface area contributed by atoms with E-state index in [9.17, 15) is 19.7 Å². The molecule has 2 heterocycles. The SMILES string of the molecule is CCOC(=O)[C@H]1C(=O)N(Cc2ccccc2)c2nc3ccccc3n2[C@H]1c1ccc([N+](=O)[O-])cc1. The first-order valence-corrected chi connectivity index (χ1v) is 11.2. The van der Waals surface area contributed by atoms with Crippen LogP contribution in [0.5, 0.6) is 0 Å². The highest BCUT2D eigenvalue weighted by atomic mass is 16.6. The molecule has 0 saturated carbocycles. The van der Waals surface area contributed by atoms with Gasteiger partial charge in [-0.15, -0.1) is 0 Å². The van der Waals surface area contributed by atoms with Crippen LogP contribution < -0.4 is 4.90 Å². The Labute approximate surface area is 200 Å². The zero-order valence-electron chi connectivity index (χ0n) is 18.9. The minimum absolute atomic E-state index is 0.0787. The average molecular weight is 470 g/mol. The van der Waals surface area contributed by atoms with Gasteiger partial charge >= 0.3 is 5.97 Å². The van der Waals surface area contributed by atoms with E-state index in [4.69, 9.17) is 9.72 Å². The Balaban J connectivity index is 1.73. The van der Waals surface area contributed by atoms with E-state index in [2.05, 4.69) is 0 Å². The van der Waals surface area contributed by atoms with E-state index >= 15 is 0 Å². The van der Waals surface area contributed by atoms with Crippen LogP contribution in [-0.4, -0.2) is 33.0 Å². The number of non-ortho nitro benzene ring substituents is 1. The highest BCUT2D eigenvalue weighted by Gasteiger charge is 2.47. The number of imidazole rings is 1. The largest absolute Gasteiger partial charge is 0.465 e. The smallest absolute Gasteiger partial charge is 0.321 e. The lowest BCUT2D eigenvalue weighted by molar-refractivity contribution is -0.384. The lowest BCUT2D eigenvalue weighted by Gasteiger charge is -2.38. The summed E-state index contributed by atoms with van der Waals surface area (Å²) in [6.45, 7) is 2.03. The van der Waals surface area contributed by atoms with Crippen LogP contribution >= 0.6 is 0 Å². The topological polar surface area (TPSA) is 108 Å². The molecule has 1 amide bonds. The number of anilines is 1. The quantitative estimate of drug-likeness (QED) is 0.180. The molecule has 4 aromatic rings. The number of nitrogens with zero attached hydrogens (tertiary/aromatic N) is 4. The summed E-state index contributed by atoms with van der Waals surface area (Å²) in [6.07, 6.45) is 0. The van der Waals surface area contributed by atoms with Crippen molar-refractivity contribution in [3.05, 3.63) is 100 Å². The van der Waals surface area contributed by atoms with Crippen molar-refractivity contribution in [2.75, 3.05) is 11.5 Å². The molecule has 35 heavy (non-hydrogen) atoms. The van der Waals surface area contributed by atoms with Gasteiger partial charge in [0.15, 0.2) is 5.92 Å². The van der Waals surface area contributed by atoms with Gasteiger partial charge in [-0.1, -0.05) is 54.6 Å². The third-order valence-electron chi connectivity index (χ3n) is 6.11. The van der Waals surface area contributed by atoms with Crippen LogP contribution in [0.25, 0.3) is 11.0 Å². The van der Waals surface area contributed by atoms with E-state index in [0.29, 0.717) is 17.0 Å². The number of nitro groups is 1. The molecule has 2 atom stereocenters. The molecule has 1 aliphatic heterocycles. The van der Waals surface area contributed by atoms with Crippen LogP contribution in [0.4, 0.5) is 11.6 Å². The number of aromatic nitrogens is 2. The Kier molecular flexibility index (Phi) is 5.74. The van der Waals surface area contributed by atoms with E-state index in [1.807, 2.05) is 59.2 Å². The molecule has 0 aliphatic carbocycles. The highest BCUT2D eigenvalue weighted by molar-refractivity contribution is 6.08. The van der Waals surface area contributed by atoms with Gasteiger partial charge in [0, 0.05) is 12.1 Å². The maximum absolute atomic E-state index is 13.9. The number of fused-ring (bicyclic) bond motifs is 3. The first-order chi connectivity index (χ1) is 17.0. The van der Waals surface area contributed by atoms with Crippen molar-refractivity contribution in [3.8, 4) is 0 Å². The van der Waals surface area contributed by atoms with Gasteiger partial charge in [-0.05, 0) is 30.2 Å². The molecule has 176 valence electrons. The Hall–Kier alpha value is -4.53. The third-order valence-corrected chi connectivity index (χ3v) is 6.11. The van der Waals surface area contributed by atoms with E-state index in [1.165, 1.54) is 17.0 Å². The minimum Gasteiger partial charge on any atom is -0.465 e. The van der Waals surface area contributed by atoms with Crippen LogP contribution in [0.3, 0.4) is 0 Å². The fraction of sp³-hybridized carbons (Fsp3) is 0.192. The van der Waals surface area contributed by atoms with Gasteiger partial charge in [0.25, 0.3) is 5.69 Å². The maximum atomic E-state index is 13.9. The zero-order chi connectivity index (χ0) is 24.5. The maximum Gasteiger partial charge on any atom is 0.321 e. The second kappa shape index (κ2) is 9.02. The third kappa shape index (κ3) is 3.90. The van der Waals surface area contributed by atoms with Crippen molar-refractivity contribution in [2.24, 2.45) is 5.92 Å². The number of hydrogen-bond acceptors (Lipinski definition) is 6. The van der Waals surface area contributed by atoms with Crippen LogP contribution in [0.15, 0.2) is 78.9 Å². The summed E-state index contributed by atoms with van der Waals surface area (Å²) in [7, 11) is 0. The van der Waals surface area contributed by atoms with Crippen LogP contribution in [0, 0.1) is 16.0 Å². The molecule has 3 aromatic carbocycles. The molecule has 0 N–H and O–H groups in total. The lowest BCUT2D eigenvalue weighted by Crippen LogP contribution is -2.49. The molecule has 0 fully saturated rings. The molecule has 5 rings (SSSR count). The fourth-order valence-corrected chi connectivity index (χ4v) is 4.56. The number of carbonyl (C=O) groups excluding carboxylic acids is 2. The second-order valence-electron chi connectivity index (χ2n) is 8.20. The van der Waals surface area contributed by atoms with Gasteiger partial charge in [0.1, 0.15) is 0 Å². The Morgan fingerprint density at radius 2 is 1.71 bits per heavy atom. The fourth-order valence-electron chi connectivity index (χ4n) is 4.56. The molecule has 0 saturated heterocycles. The summed E-state index contributed by atoms with van der Waals surface area (Å²) in [5, 5.41) is 11.2. The summed E-state index contributed by atoms with van der Waals surface area (Å²) in [5.74, 6) is -1.87. The van der Waals surface area contributed by atoms with E-state index < -0.39 is 28.8 Å². The van der Waals surface area contributed by atoms with Gasteiger partial charge in [-0.25, -0.2) is 4.98 Å². The number of benzene rings is 3. The van der Waals surface area contributed by atoms with Crippen LogP contribution in [0.2, 0.25) is 0 Å². The number of carbonyl (C=O) groups is 2. The number of para-hydroxylation sites is 2. The van der Waals surface area contributed by atoms with Gasteiger partial charge in [-0.3, -0.25) is 24.6 Å². The summed E-state index contributed by atoms with van der Waals surface area (Å²) in [4.78, 5) is 44.1. The number of esters is 1. The summed E-state index contributed by atoms with van der Waals surface area (Å²) in [5.41, 5.74) is 2.79. The number of ether oxygens (including phenoxy) is 1. The average Bonchev–Trinajstić information content (AvgIpc) is 3.25. The van der Waals surface area contributed by atoms with Crippen molar-refractivity contribution in [1.82, 2.24) is 9.55 Å². The predicted molar refractivity (Wildman–Crippen MR) is 129 cm³/mol. The first kappa shape index (κ1) is 22.3. The number of amides is 1. The van der Waals surface area contributed by atoms with Gasteiger partial charge in [0.2, 0.25) is 11.9 Å². The van der Waals surface area contributed by atoms with E-state index in [0.717, 1.165) is 11.1 Å². The van der Waals surface area contributed by atoms with Crippen molar-refractivity contribution in [3.63, 3.8) is 0 Å². The molecule has 0 radical (unpaired) electrons. The monoisotopic (exact) mass is 470 g/mol. The van der Waals surface area contributed by atoms with E-state index in [-0.39, 0.29) is 18.8 Å². The summed E-state index contributed by atoms with van der Waals surface area (Å²) in [6, 6.07) is 22.0. The Morgan fingerprint density at radius 1 is 1.03 bits per heavy atom. The lowest BCUT2D eigenvalue weighted by atomic mass is 9.89.